The van der Waals surface area contributed by atoms with Gasteiger partial charge in [0.2, 0.25) is 0 Å². The van der Waals surface area contributed by atoms with Crippen LogP contribution in [0, 0.1) is 11.8 Å². The molecule has 1 aromatic heterocycles. The monoisotopic (exact) mass is 359 g/mol. The topological polar surface area (TPSA) is 40.3 Å². The van der Waals surface area contributed by atoms with Gasteiger partial charge in [-0.05, 0) is 66.1 Å². The fourth-order valence-corrected chi connectivity index (χ4v) is 5.41. The van der Waals surface area contributed by atoms with E-state index in [0.29, 0.717) is 6.04 Å². The SMILES string of the molecule is c1ccc2c(c1)C[C@@H](N1C[C@H]3CNC[C@H]3C1)C2Oc1ccc2cc[nH]c2c1. The lowest BCUT2D eigenvalue weighted by molar-refractivity contribution is 0.0891. The van der Waals surface area contributed by atoms with Crippen molar-refractivity contribution in [1.29, 1.82) is 0 Å². The molecule has 2 saturated heterocycles. The molecule has 1 unspecified atom stereocenters. The highest BCUT2D eigenvalue weighted by Gasteiger charge is 2.44. The molecule has 27 heavy (non-hydrogen) atoms. The lowest BCUT2D eigenvalue weighted by Gasteiger charge is -2.31. The number of nitrogens with one attached hydrogen (secondary N) is 2. The van der Waals surface area contributed by atoms with Crippen LogP contribution in [0.4, 0.5) is 0 Å². The standard InChI is InChI=1S/C23H25N3O/c1-2-4-20-16(3-1)9-22(26-13-17-11-24-12-18(17)14-26)23(20)27-19-6-5-15-7-8-25-21(15)10-19/h1-8,10,17-18,22-25H,9,11-14H2/t17-,18+,22-,23?/m1/s1. The van der Waals surface area contributed by atoms with Gasteiger partial charge in [0.05, 0.1) is 6.04 Å². The minimum absolute atomic E-state index is 0.111. The van der Waals surface area contributed by atoms with E-state index in [1.807, 2.05) is 6.20 Å². The van der Waals surface area contributed by atoms with Crippen molar-refractivity contribution in [3.05, 3.63) is 65.9 Å². The molecule has 0 amide bonds. The Morgan fingerprint density at radius 2 is 1.81 bits per heavy atom. The quantitative estimate of drug-likeness (QED) is 0.753. The van der Waals surface area contributed by atoms with Crippen LogP contribution in [-0.2, 0) is 6.42 Å². The Hall–Kier alpha value is -2.30. The fourth-order valence-electron chi connectivity index (χ4n) is 5.41. The van der Waals surface area contributed by atoms with Gasteiger partial charge in [0.15, 0.2) is 0 Å². The zero-order valence-electron chi connectivity index (χ0n) is 15.4. The van der Waals surface area contributed by atoms with Crippen molar-refractivity contribution in [1.82, 2.24) is 15.2 Å². The van der Waals surface area contributed by atoms with Gasteiger partial charge in [-0.15, -0.1) is 0 Å². The van der Waals surface area contributed by atoms with Gasteiger partial charge in [-0.3, -0.25) is 4.90 Å². The van der Waals surface area contributed by atoms with Crippen molar-refractivity contribution in [3.63, 3.8) is 0 Å². The summed E-state index contributed by atoms with van der Waals surface area (Å²) in [4.78, 5) is 6.00. The van der Waals surface area contributed by atoms with Crippen LogP contribution < -0.4 is 10.1 Å². The van der Waals surface area contributed by atoms with Crippen molar-refractivity contribution >= 4 is 10.9 Å². The minimum atomic E-state index is 0.111. The van der Waals surface area contributed by atoms with Crippen molar-refractivity contribution in [2.75, 3.05) is 26.2 Å². The summed E-state index contributed by atoms with van der Waals surface area (Å²) in [6.45, 7) is 4.75. The van der Waals surface area contributed by atoms with Crippen molar-refractivity contribution < 1.29 is 4.74 Å². The predicted octanol–water partition coefficient (Wildman–Crippen LogP) is 3.36. The van der Waals surface area contributed by atoms with Crippen molar-refractivity contribution in [2.45, 2.75) is 18.6 Å². The van der Waals surface area contributed by atoms with Crippen LogP contribution in [0.15, 0.2) is 54.7 Å². The molecule has 0 spiro atoms. The summed E-state index contributed by atoms with van der Waals surface area (Å²) in [6, 6.07) is 17.8. The van der Waals surface area contributed by atoms with Gasteiger partial charge in [0.25, 0.3) is 0 Å². The summed E-state index contributed by atoms with van der Waals surface area (Å²) in [5, 5.41) is 4.78. The number of hydrogen-bond acceptors (Lipinski definition) is 3. The number of hydrogen-bond donors (Lipinski definition) is 2. The number of nitrogens with zero attached hydrogens (tertiary/aromatic N) is 1. The smallest absolute Gasteiger partial charge is 0.140 e. The first kappa shape index (κ1) is 15.7. The molecule has 4 nitrogen and oxygen atoms in total. The lowest BCUT2D eigenvalue weighted by Crippen LogP contribution is -2.40. The Morgan fingerprint density at radius 3 is 2.70 bits per heavy atom. The second-order valence-electron chi connectivity index (χ2n) is 8.37. The Labute approximate surface area is 159 Å². The van der Waals surface area contributed by atoms with Crippen LogP contribution in [-0.4, -0.2) is 42.1 Å². The maximum atomic E-state index is 6.65. The molecule has 4 atom stereocenters. The van der Waals surface area contributed by atoms with E-state index in [1.165, 1.54) is 42.7 Å². The van der Waals surface area contributed by atoms with Crippen LogP contribution in [0.3, 0.4) is 0 Å². The number of ether oxygens (including phenoxy) is 1. The Bertz CT molecular complexity index is 968. The van der Waals surface area contributed by atoms with Gasteiger partial charge in [-0.1, -0.05) is 24.3 Å². The normalized spacial score (nSPS) is 29.9. The number of likely N-dealkylation sites (tertiary alicyclic amines) is 1. The maximum Gasteiger partial charge on any atom is 0.140 e. The van der Waals surface area contributed by atoms with Crippen LogP contribution >= 0.6 is 0 Å². The molecule has 4 heteroatoms. The van der Waals surface area contributed by atoms with E-state index in [-0.39, 0.29) is 6.10 Å². The lowest BCUT2D eigenvalue weighted by atomic mass is 10.0. The highest BCUT2D eigenvalue weighted by molar-refractivity contribution is 5.80. The molecule has 0 bridgehead atoms. The number of rotatable bonds is 3. The molecule has 6 rings (SSSR count). The maximum absolute atomic E-state index is 6.65. The average molecular weight is 359 g/mol. The van der Waals surface area contributed by atoms with Gasteiger partial charge in [0, 0.05) is 30.9 Å². The zero-order valence-corrected chi connectivity index (χ0v) is 15.4. The Kier molecular flexibility index (Phi) is 3.56. The van der Waals surface area contributed by atoms with Crippen LogP contribution in [0.1, 0.15) is 17.2 Å². The predicted molar refractivity (Wildman–Crippen MR) is 107 cm³/mol. The van der Waals surface area contributed by atoms with E-state index >= 15 is 0 Å². The van der Waals surface area contributed by atoms with Gasteiger partial charge in [-0.25, -0.2) is 0 Å². The first-order chi connectivity index (χ1) is 13.3. The van der Waals surface area contributed by atoms with Crippen molar-refractivity contribution in [3.8, 4) is 5.75 Å². The number of H-pyrrole nitrogens is 1. The minimum Gasteiger partial charge on any atom is -0.484 e. The number of aromatic amines is 1. The number of aromatic nitrogens is 1. The molecule has 0 radical (unpaired) electrons. The van der Waals surface area contributed by atoms with E-state index in [1.54, 1.807) is 0 Å². The molecule has 2 aromatic carbocycles. The van der Waals surface area contributed by atoms with Crippen LogP contribution in [0.5, 0.6) is 5.75 Å². The van der Waals surface area contributed by atoms with Gasteiger partial charge >= 0.3 is 0 Å². The van der Waals surface area contributed by atoms with E-state index in [9.17, 15) is 0 Å². The largest absolute Gasteiger partial charge is 0.484 e. The highest BCUT2D eigenvalue weighted by Crippen LogP contribution is 2.41. The number of fused-ring (bicyclic) bond motifs is 3. The summed E-state index contributed by atoms with van der Waals surface area (Å²) < 4.78 is 6.65. The summed E-state index contributed by atoms with van der Waals surface area (Å²) >= 11 is 0. The Morgan fingerprint density at radius 1 is 0.963 bits per heavy atom. The highest BCUT2D eigenvalue weighted by atomic mass is 16.5. The average Bonchev–Trinajstić information content (AvgIpc) is 3.44. The third-order valence-corrected chi connectivity index (χ3v) is 6.82. The van der Waals surface area contributed by atoms with Gasteiger partial charge in [-0.2, -0.15) is 0 Å². The van der Waals surface area contributed by atoms with Crippen LogP contribution in [0.2, 0.25) is 0 Å². The van der Waals surface area contributed by atoms with Crippen molar-refractivity contribution in [2.24, 2.45) is 11.8 Å². The molecular weight excluding hydrogens is 334 g/mol. The van der Waals surface area contributed by atoms with E-state index < -0.39 is 0 Å². The Balaban J connectivity index is 1.32. The summed E-state index contributed by atoms with van der Waals surface area (Å²) in [5.74, 6) is 2.58. The summed E-state index contributed by atoms with van der Waals surface area (Å²) in [6.07, 6.45) is 3.19. The molecule has 2 N–H and O–H groups in total. The molecule has 2 fully saturated rings. The first-order valence-electron chi connectivity index (χ1n) is 10.1. The van der Waals surface area contributed by atoms with E-state index in [4.69, 9.17) is 4.74 Å². The molecule has 2 aliphatic heterocycles. The molecule has 0 saturated carbocycles. The zero-order chi connectivity index (χ0) is 17.8. The molecule has 3 aliphatic rings. The summed E-state index contributed by atoms with van der Waals surface area (Å²) in [5.41, 5.74) is 3.95. The second-order valence-corrected chi connectivity index (χ2v) is 8.37. The van der Waals surface area contributed by atoms with E-state index in [2.05, 4.69) is 63.7 Å². The van der Waals surface area contributed by atoms with Gasteiger partial charge in [0.1, 0.15) is 11.9 Å². The fraction of sp³-hybridized carbons (Fsp3) is 0.391. The van der Waals surface area contributed by atoms with Gasteiger partial charge < -0.3 is 15.0 Å². The summed E-state index contributed by atoms with van der Waals surface area (Å²) in [7, 11) is 0. The van der Waals surface area contributed by atoms with Crippen LogP contribution in [0.25, 0.3) is 10.9 Å². The van der Waals surface area contributed by atoms with E-state index in [0.717, 1.165) is 29.5 Å². The first-order valence-corrected chi connectivity index (χ1v) is 10.1. The number of benzene rings is 2. The molecule has 138 valence electrons. The second kappa shape index (κ2) is 6.11. The molecule has 3 heterocycles. The molecule has 3 aromatic rings. The molecular formula is C23H25N3O. The third-order valence-electron chi connectivity index (χ3n) is 6.82. The molecule has 1 aliphatic carbocycles. The third kappa shape index (κ3) is 2.59.